The van der Waals surface area contributed by atoms with E-state index in [1.807, 2.05) is 13.0 Å². The van der Waals surface area contributed by atoms with Crippen LogP contribution in [0.25, 0.3) is 0 Å². The summed E-state index contributed by atoms with van der Waals surface area (Å²) in [5, 5.41) is 2.83. The predicted octanol–water partition coefficient (Wildman–Crippen LogP) is 2.87. The van der Waals surface area contributed by atoms with Gasteiger partial charge in [-0.2, -0.15) is 0 Å². The van der Waals surface area contributed by atoms with Crippen LogP contribution in [0.5, 0.6) is 0 Å². The van der Waals surface area contributed by atoms with Crippen LogP contribution in [0.15, 0.2) is 18.2 Å². The number of nitrogens with zero attached hydrogens (tertiary/aromatic N) is 1. The fourth-order valence-electron chi connectivity index (χ4n) is 4.38. The minimum absolute atomic E-state index is 0.140. The summed E-state index contributed by atoms with van der Waals surface area (Å²) in [4.78, 5) is 14.6. The SMILES string of the molecule is CNC(=O)[C@@H]1CCC[C@@]12CCN(Cc1cc(F)ccc1C)C2. The molecule has 0 unspecified atom stereocenters. The topological polar surface area (TPSA) is 32.3 Å². The van der Waals surface area contributed by atoms with E-state index in [4.69, 9.17) is 0 Å². The molecule has 1 amide bonds. The summed E-state index contributed by atoms with van der Waals surface area (Å²) in [6.07, 6.45) is 4.38. The molecule has 2 atom stereocenters. The normalized spacial score (nSPS) is 28.4. The second-order valence-electron chi connectivity index (χ2n) is 6.95. The second-order valence-corrected chi connectivity index (χ2v) is 6.95. The van der Waals surface area contributed by atoms with Crippen molar-refractivity contribution in [2.24, 2.45) is 11.3 Å². The molecule has 1 aromatic rings. The highest BCUT2D eigenvalue weighted by Gasteiger charge is 2.49. The van der Waals surface area contributed by atoms with Crippen molar-refractivity contribution in [1.82, 2.24) is 10.2 Å². The van der Waals surface area contributed by atoms with Crippen molar-refractivity contribution in [3.8, 4) is 0 Å². The van der Waals surface area contributed by atoms with Crippen molar-refractivity contribution in [1.29, 1.82) is 0 Å². The quantitative estimate of drug-likeness (QED) is 0.931. The van der Waals surface area contributed by atoms with Gasteiger partial charge in [-0.05, 0) is 61.4 Å². The number of carbonyl (C=O) groups is 1. The molecule has 0 aromatic heterocycles. The van der Waals surface area contributed by atoms with Gasteiger partial charge in [0.25, 0.3) is 0 Å². The van der Waals surface area contributed by atoms with Crippen LogP contribution < -0.4 is 5.32 Å². The number of hydrogen-bond donors (Lipinski definition) is 1. The molecule has 0 radical (unpaired) electrons. The molecule has 3 rings (SSSR count). The summed E-state index contributed by atoms with van der Waals surface area (Å²) in [5.41, 5.74) is 2.34. The number of amides is 1. The Labute approximate surface area is 131 Å². The van der Waals surface area contributed by atoms with Crippen molar-refractivity contribution < 1.29 is 9.18 Å². The van der Waals surface area contributed by atoms with Crippen molar-refractivity contribution in [2.75, 3.05) is 20.1 Å². The number of likely N-dealkylation sites (tertiary alicyclic amines) is 1. The summed E-state index contributed by atoms with van der Waals surface area (Å²) in [7, 11) is 1.73. The van der Waals surface area contributed by atoms with E-state index in [-0.39, 0.29) is 23.1 Å². The molecule has 1 saturated carbocycles. The number of hydrogen-bond acceptors (Lipinski definition) is 2. The lowest BCUT2D eigenvalue weighted by atomic mass is 9.76. The van der Waals surface area contributed by atoms with E-state index >= 15 is 0 Å². The molecule has 1 aliphatic carbocycles. The van der Waals surface area contributed by atoms with Gasteiger partial charge in [0, 0.05) is 26.1 Å². The summed E-state index contributed by atoms with van der Waals surface area (Å²) < 4.78 is 13.5. The molecule has 1 heterocycles. The number of carbonyl (C=O) groups excluding carboxylic acids is 1. The molecule has 120 valence electrons. The molecule has 4 heteroatoms. The Kier molecular flexibility index (Phi) is 4.22. The summed E-state index contributed by atoms with van der Waals surface area (Å²) in [6.45, 7) is 4.78. The summed E-state index contributed by atoms with van der Waals surface area (Å²) >= 11 is 0. The van der Waals surface area contributed by atoms with E-state index in [0.29, 0.717) is 0 Å². The number of halogens is 1. The first-order chi connectivity index (χ1) is 10.5. The zero-order chi connectivity index (χ0) is 15.7. The van der Waals surface area contributed by atoms with E-state index in [0.717, 1.165) is 56.4 Å². The first kappa shape index (κ1) is 15.5. The lowest BCUT2D eigenvalue weighted by Crippen LogP contribution is -2.39. The first-order valence-corrected chi connectivity index (χ1v) is 8.23. The third-order valence-electron chi connectivity index (χ3n) is 5.64. The molecule has 22 heavy (non-hydrogen) atoms. The highest BCUT2D eigenvalue weighted by molar-refractivity contribution is 5.79. The molecule has 1 N–H and O–H groups in total. The van der Waals surface area contributed by atoms with Crippen LogP contribution in [0.4, 0.5) is 4.39 Å². The van der Waals surface area contributed by atoms with Crippen molar-refractivity contribution >= 4 is 5.91 Å². The van der Waals surface area contributed by atoms with Gasteiger partial charge < -0.3 is 5.32 Å². The van der Waals surface area contributed by atoms with E-state index in [1.165, 1.54) is 6.07 Å². The van der Waals surface area contributed by atoms with Crippen LogP contribution in [0.2, 0.25) is 0 Å². The maximum Gasteiger partial charge on any atom is 0.223 e. The number of benzene rings is 1. The van der Waals surface area contributed by atoms with E-state index in [9.17, 15) is 9.18 Å². The fraction of sp³-hybridized carbons (Fsp3) is 0.611. The fourth-order valence-corrected chi connectivity index (χ4v) is 4.38. The van der Waals surface area contributed by atoms with Gasteiger partial charge in [-0.15, -0.1) is 0 Å². The molecule has 2 fully saturated rings. The van der Waals surface area contributed by atoms with Crippen LogP contribution in [0.1, 0.15) is 36.8 Å². The Bertz CT molecular complexity index is 574. The minimum atomic E-state index is -0.168. The molecular weight excluding hydrogens is 279 g/mol. The molecule has 2 aliphatic rings. The molecule has 1 aromatic carbocycles. The second kappa shape index (κ2) is 5.99. The Morgan fingerprint density at radius 2 is 2.27 bits per heavy atom. The number of aryl methyl sites for hydroxylation is 1. The maximum absolute atomic E-state index is 13.5. The van der Waals surface area contributed by atoms with Gasteiger partial charge in [-0.1, -0.05) is 12.5 Å². The van der Waals surface area contributed by atoms with Gasteiger partial charge in [0.1, 0.15) is 5.82 Å². The lowest BCUT2D eigenvalue weighted by Gasteiger charge is -2.30. The Balaban J connectivity index is 1.72. The van der Waals surface area contributed by atoms with E-state index < -0.39 is 0 Å². The lowest BCUT2D eigenvalue weighted by molar-refractivity contribution is -0.127. The Hall–Kier alpha value is -1.42. The molecular formula is C18H25FN2O. The zero-order valence-corrected chi connectivity index (χ0v) is 13.5. The third kappa shape index (κ3) is 2.76. The molecule has 1 spiro atoms. The molecule has 1 aliphatic heterocycles. The van der Waals surface area contributed by atoms with Crippen LogP contribution in [0.3, 0.4) is 0 Å². The smallest absolute Gasteiger partial charge is 0.223 e. The van der Waals surface area contributed by atoms with Crippen LogP contribution in [-0.2, 0) is 11.3 Å². The van der Waals surface area contributed by atoms with Gasteiger partial charge in [0.2, 0.25) is 5.91 Å². The van der Waals surface area contributed by atoms with Crippen LogP contribution in [-0.4, -0.2) is 30.9 Å². The summed E-state index contributed by atoms with van der Waals surface area (Å²) in [6, 6.07) is 5.01. The average molecular weight is 304 g/mol. The molecule has 3 nitrogen and oxygen atoms in total. The maximum atomic E-state index is 13.5. The summed E-state index contributed by atoms with van der Waals surface area (Å²) in [5.74, 6) is 0.177. The van der Waals surface area contributed by atoms with Crippen LogP contribution >= 0.6 is 0 Å². The van der Waals surface area contributed by atoms with Crippen LogP contribution in [0, 0.1) is 24.1 Å². The van der Waals surface area contributed by atoms with Gasteiger partial charge in [-0.25, -0.2) is 4.39 Å². The van der Waals surface area contributed by atoms with Gasteiger partial charge in [-0.3, -0.25) is 9.69 Å². The monoisotopic (exact) mass is 304 g/mol. The number of rotatable bonds is 3. The van der Waals surface area contributed by atoms with E-state index in [2.05, 4.69) is 10.2 Å². The minimum Gasteiger partial charge on any atom is -0.359 e. The van der Waals surface area contributed by atoms with Gasteiger partial charge >= 0.3 is 0 Å². The van der Waals surface area contributed by atoms with Crippen molar-refractivity contribution in [2.45, 2.75) is 39.2 Å². The Morgan fingerprint density at radius 1 is 1.45 bits per heavy atom. The number of nitrogens with one attached hydrogen (secondary N) is 1. The van der Waals surface area contributed by atoms with Gasteiger partial charge in [0.05, 0.1) is 0 Å². The average Bonchev–Trinajstić information content (AvgIpc) is 3.10. The van der Waals surface area contributed by atoms with Gasteiger partial charge in [0.15, 0.2) is 0 Å². The zero-order valence-electron chi connectivity index (χ0n) is 13.5. The Morgan fingerprint density at radius 3 is 3.05 bits per heavy atom. The van der Waals surface area contributed by atoms with E-state index in [1.54, 1.807) is 13.1 Å². The highest BCUT2D eigenvalue weighted by atomic mass is 19.1. The van der Waals surface area contributed by atoms with Crippen molar-refractivity contribution in [3.05, 3.63) is 35.1 Å². The third-order valence-corrected chi connectivity index (χ3v) is 5.64. The highest BCUT2D eigenvalue weighted by Crippen LogP contribution is 2.50. The first-order valence-electron chi connectivity index (χ1n) is 8.23. The standard InChI is InChI=1S/C18H25FN2O/c1-13-5-6-15(19)10-14(13)11-21-9-8-18(12-21)7-3-4-16(18)17(22)20-2/h5-6,10,16H,3-4,7-9,11-12H2,1-2H3,(H,20,22)/t16-,18-/m0/s1. The predicted molar refractivity (Wildman–Crippen MR) is 84.9 cm³/mol. The largest absolute Gasteiger partial charge is 0.359 e. The van der Waals surface area contributed by atoms with Crippen molar-refractivity contribution in [3.63, 3.8) is 0 Å². The molecule has 1 saturated heterocycles. The molecule has 0 bridgehead atoms.